The number of benzene rings is 2. The summed E-state index contributed by atoms with van der Waals surface area (Å²) in [6, 6.07) is 14.0. The molecule has 0 radical (unpaired) electrons. The van der Waals surface area contributed by atoms with Crippen LogP contribution in [-0.2, 0) is 4.74 Å². The number of nitrogens with zero attached hydrogens (tertiary/aromatic N) is 1. The maximum absolute atomic E-state index is 13.5. The normalized spacial score (nSPS) is 20.0. The van der Waals surface area contributed by atoms with E-state index in [2.05, 4.69) is 0 Å². The van der Waals surface area contributed by atoms with Crippen LogP contribution in [0, 0.1) is 12.7 Å². The lowest BCUT2D eigenvalue weighted by molar-refractivity contribution is -0.0846. The second-order valence-electron chi connectivity index (χ2n) is 6.95. The molecule has 3 nitrogen and oxygen atoms in total. The molecule has 126 valence electrons. The van der Waals surface area contributed by atoms with Crippen molar-refractivity contribution in [3.63, 3.8) is 0 Å². The summed E-state index contributed by atoms with van der Waals surface area (Å²) in [5.41, 5.74) is 2.16. The number of ether oxygens (including phenoxy) is 1. The van der Waals surface area contributed by atoms with E-state index in [9.17, 15) is 9.18 Å². The molecule has 1 unspecified atom stereocenters. The molecule has 0 saturated carbocycles. The highest BCUT2D eigenvalue weighted by molar-refractivity contribution is 5.94. The average molecular weight is 327 g/mol. The Kier molecular flexibility index (Phi) is 4.41. The molecule has 1 aliphatic heterocycles. The van der Waals surface area contributed by atoms with Gasteiger partial charge in [0.15, 0.2) is 0 Å². The molecule has 2 aromatic carbocycles. The van der Waals surface area contributed by atoms with Crippen molar-refractivity contribution < 1.29 is 13.9 Å². The Balaban J connectivity index is 1.86. The van der Waals surface area contributed by atoms with Gasteiger partial charge < -0.3 is 9.64 Å². The molecule has 1 heterocycles. The van der Waals surface area contributed by atoms with Crippen molar-refractivity contribution in [1.82, 2.24) is 4.90 Å². The number of aryl methyl sites for hydroxylation is 1. The predicted molar refractivity (Wildman–Crippen MR) is 91.4 cm³/mol. The number of carbonyl (C=O) groups is 1. The minimum absolute atomic E-state index is 0.167. The standard InChI is InChI=1S/C20H22FNO2/c1-14-7-9-15(10-8-14)18-12-22(20(2,3)13-24-18)19(23)16-5-4-6-17(21)11-16/h4-11,18H,12-13H2,1-3H3. The fraction of sp³-hybridized carbons (Fsp3) is 0.350. The van der Waals surface area contributed by atoms with Crippen LogP contribution in [0.4, 0.5) is 4.39 Å². The molecule has 4 heteroatoms. The Morgan fingerprint density at radius 3 is 2.58 bits per heavy atom. The lowest BCUT2D eigenvalue weighted by Crippen LogP contribution is -2.56. The van der Waals surface area contributed by atoms with Gasteiger partial charge in [0.1, 0.15) is 11.9 Å². The first-order valence-corrected chi connectivity index (χ1v) is 8.12. The minimum Gasteiger partial charge on any atom is -0.369 e. The lowest BCUT2D eigenvalue weighted by atomic mass is 9.96. The van der Waals surface area contributed by atoms with Crippen molar-refractivity contribution in [2.75, 3.05) is 13.2 Å². The summed E-state index contributed by atoms with van der Waals surface area (Å²) in [5.74, 6) is -0.568. The Morgan fingerprint density at radius 1 is 1.21 bits per heavy atom. The molecule has 24 heavy (non-hydrogen) atoms. The number of hydrogen-bond donors (Lipinski definition) is 0. The van der Waals surface area contributed by atoms with E-state index >= 15 is 0 Å². The number of hydrogen-bond acceptors (Lipinski definition) is 2. The van der Waals surface area contributed by atoms with Crippen LogP contribution in [0.25, 0.3) is 0 Å². The molecule has 0 aliphatic carbocycles. The Hall–Kier alpha value is -2.20. The van der Waals surface area contributed by atoms with Crippen molar-refractivity contribution >= 4 is 5.91 Å². The third-order valence-electron chi connectivity index (χ3n) is 4.48. The first kappa shape index (κ1) is 16.7. The van der Waals surface area contributed by atoms with E-state index in [-0.39, 0.29) is 12.0 Å². The van der Waals surface area contributed by atoms with E-state index in [0.717, 1.165) is 5.56 Å². The topological polar surface area (TPSA) is 29.5 Å². The fourth-order valence-corrected chi connectivity index (χ4v) is 2.97. The largest absolute Gasteiger partial charge is 0.369 e. The zero-order valence-corrected chi connectivity index (χ0v) is 14.3. The Morgan fingerprint density at radius 2 is 1.92 bits per heavy atom. The van der Waals surface area contributed by atoms with Gasteiger partial charge in [-0.15, -0.1) is 0 Å². The van der Waals surface area contributed by atoms with Gasteiger partial charge in [-0.2, -0.15) is 0 Å². The van der Waals surface area contributed by atoms with Gasteiger partial charge in [-0.05, 0) is 44.5 Å². The van der Waals surface area contributed by atoms with Crippen molar-refractivity contribution in [1.29, 1.82) is 0 Å². The molecule has 0 bridgehead atoms. The monoisotopic (exact) mass is 327 g/mol. The highest BCUT2D eigenvalue weighted by atomic mass is 19.1. The second kappa shape index (κ2) is 6.36. The quantitative estimate of drug-likeness (QED) is 0.830. The fourth-order valence-electron chi connectivity index (χ4n) is 2.97. The van der Waals surface area contributed by atoms with Gasteiger partial charge in [0, 0.05) is 5.56 Å². The van der Waals surface area contributed by atoms with E-state index in [4.69, 9.17) is 4.74 Å². The van der Waals surface area contributed by atoms with Gasteiger partial charge in [-0.3, -0.25) is 4.79 Å². The van der Waals surface area contributed by atoms with Gasteiger partial charge in [-0.25, -0.2) is 4.39 Å². The number of carbonyl (C=O) groups excluding carboxylic acids is 1. The van der Waals surface area contributed by atoms with Crippen LogP contribution in [0.15, 0.2) is 48.5 Å². The maximum Gasteiger partial charge on any atom is 0.254 e. The number of morpholine rings is 1. The molecule has 1 amide bonds. The predicted octanol–water partition coefficient (Wildman–Crippen LogP) is 4.13. The molecule has 3 rings (SSSR count). The van der Waals surface area contributed by atoms with E-state index in [0.29, 0.717) is 18.7 Å². The molecule has 2 aromatic rings. The molecular formula is C20H22FNO2. The summed E-state index contributed by atoms with van der Waals surface area (Å²) in [6.45, 7) is 6.86. The van der Waals surface area contributed by atoms with Gasteiger partial charge in [0.2, 0.25) is 0 Å². The van der Waals surface area contributed by atoms with Crippen LogP contribution in [0.2, 0.25) is 0 Å². The summed E-state index contributed by atoms with van der Waals surface area (Å²) in [7, 11) is 0. The van der Waals surface area contributed by atoms with E-state index in [1.54, 1.807) is 17.0 Å². The molecule has 0 spiro atoms. The van der Waals surface area contributed by atoms with Crippen molar-refractivity contribution in [2.45, 2.75) is 32.4 Å². The molecule has 1 atom stereocenters. The molecule has 1 saturated heterocycles. The molecule has 0 aromatic heterocycles. The molecular weight excluding hydrogens is 305 g/mol. The summed E-state index contributed by atoms with van der Waals surface area (Å²) < 4.78 is 19.5. The van der Waals surface area contributed by atoms with Crippen LogP contribution in [-0.4, -0.2) is 29.5 Å². The highest BCUT2D eigenvalue weighted by Gasteiger charge is 2.38. The SMILES string of the molecule is Cc1ccc(C2CN(C(=O)c3cccc(F)c3)C(C)(C)CO2)cc1. The van der Waals surface area contributed by atoms with Crippen LogP contribution in [0.1, 0.15) is 41.4 Å². The number of rotatable bonds is 2. The summed E-state index contributed by atoms with van der Waals surface area (Å²) in [6.07, 6.45) is -0.170. The minimum atomic E-state index is -0.440. The maximum atomic E-state index is 13.5. The second-order valence-corrected chi connectivity index (χ2v) is 6.95. The average Bonchev–Trinajstić information content (AvgIpc) is 2.55. The Labute approximate surface area is 142 Å². The van der Waals surface area contributed by atoms with Crippen molar-refractivity contribution in [3.05, 3.63) is 71.0 Å². The van der Waals surface area contributed by atoms with Crippen LogP contribution in [0.3, 0.4) is 0 Å². The third-order valence-corrected chi connectivity index (χ3v) is 4.48. The van der Waals surface area contributed by atoms with E-state index in [1.165, 1.54) is 17.7 Å². The zero-order valence-electron chi connectivity index (χ0n) is 14.3. The van der Waals surface area contributed by atoms with Gasteiger partial charge >= 0.3 is 0 Å². The van der Waals surface area contributed by atoms with E-state index in [1.807, 2.05) is 45.0 Å². The van der Waals surface area contributed by atoms with Crippen LogP contribution < -0.4 is 0 Å². The van der Waals surface area contributed by atoms with Gasteiger partial charge in [-0.1, -0.05) is 35.9 Å². The van der Waals surface area contributed by atoms with Crippen molar-refractivity contribution in [3.8, 4) is 0 Å². The molecule has 0 N–H and O–H groups in total. The lowest BCUT2D eigenvalue weighted by Gasteiger charge is -2.45. The summed E-state index contributed by atoms with van der Waals surface area (Å²) >= 11 is 0. The molecule has 1 fully saturated rings. The van der Waals surface area contributed by atoms with E-state index < -0.39 is 11.4 Å². The van der Waals surface area contributed by atoms with Gasteiger partial charge in [0.05, 0.1) is 18.7 Å². The first-order chi connectivity index (χ1) is 11.4. The number of halogens is 1. The van der Waals surface area contributed by atoms with Crippen LogP contribution in [0.5, 0.6) is 0 Å². The Bertz CT molecular complexity index is 740. The summed E-state index contributed by atoms with van der Waals surface area (Å²) in [5, 5.41) is 0. The van der Waals surface area contributed by atoms with Crippen molar-refractivity contribution in [2.24, 2.45) is 0 Å². The third kappa shape index (κ3) is 3.34. The van der Waals surface area contributed by atoms with Gasteiger partial charge in [0.25, 0.3) is 5.91 Å². The highest BCUT2D eigenvalue weighted by Crippen LogP contribution is 2.31. The summed E-state index contributed by atoms with van der Waals surface area (Å²) in [4.78, 5) is 14.7. The van der Waals surface area contributed by atoms with Crippen LogP contribution >= 0.6 is 0 Å². The zero-order chi connectivity index (χ0) is 17.3. The smallest absolute Gasteiger partial charge is 0.254 e. The first-order valence-electron chi connectivity index (χ1n) is 8.12. The number of amides is 1. The molecule has 1 aliphatic rings.